The topological polar surface area (TPSA) is 86.2 Å². The number of nitrogens with two attached hydrogens (primary N) is 1. The molecule has 92 valence electrons. The molecule has 0 spiro atoms. The van der Waals surface area contributed by atoms with E-state index in [1.165, 1.54) is 0 Å². The molecule has 0 amide bonds. The summed E-state index contributed by atoms with van der Waals surface area (Å²) < 4.78 is 10.6. The van der Waals surface area contributed by atoms with Crippen LogP contribution < -0.4 is 11.1 Å². The fraction of sp³-hybridized carbons (Fsp3) is 0.800. The average molecular weight is 228 g/mol. The first-order valence-corrected chi connectivity index (χ1v) is 5.56. The third-order valence-corrected chi connectivity index (χ3v) is 1.83. The number of nitrogens with zero attached hydrogens (tertiary/aromatic N) is 2. The minimum absolute atomic E-state index is 0.270. The summed E-state index contributed by atoms with van der Waals surface area (Å²) in [5, 5.41) is 10.5. The van der Waals surface area contributed by atoms with Crippen molar-refractivity contribution in [2.75, 3.05) is 25.1 Å². The van der Waals surface area contributed by atoms with Crippen LogP contribution in [-0.2, 0) is 11.3 Å². The van der Waals surface area contributed by atoms with Gasteiger partial charge in [0.1, 0.15) is 0 Å². The Bertz CT molecular complexity index is 288. The van der Waals surface area contributed by atoms with Gasteiger partial charge in [-0.05, 0) is 12.3 Å². The molecule has 0 aromatic carbocycles. The predicted molar refractivity (Wildman–Crippen MR) is 61.0 cm³/mol. The highest BCUT2D eigenvalue weighted by Gasteiger charge is 2.02. The van der Waals surface area contributed by atoms with Crippen LogP contribution in [0.1, 0.15) is 26.2 Å². The summed E-state index contributed by atoms with van der Waals surface area (Å²) in [6, 6.07) is 0.421. The Morgan fingerprint density at radius 3 is 2.88 bits per heavy atom. The van der Waals surface area contributed by atoms with Gasteiger partial charge in [0.15, 0.2) is 0 Å². The van der Waals surface area contributed by atoms with Gasteiger partial charge in [-0.2, -0.15) is 0 Å². The van der Waals surface area contributed by atoms with Crippen molar-refractivity contribution in [2.24, 2.45) is 11.7 Å². The van der Waals surface area contributed by atoms with Crippen molar-refractivity contribution >= 4 is 6.01 Å². The second-order valence-electron chi connectivity index (χ2n) is 3.95. The van der Waals surface area contributed by atoms with Crippen LogP contribution >= 0.6 is 0 Å². The molecule has 0 aliphatic rings. The molecule has 0 aliphatic heterocycles. The van der Waals surface area contributed by atoms with Crippen molar-refractivity contribution in [1.29, 1.82) is 0 Å². The van der Waals surface area contributed by atoms with Crippen LogP contribution in [0, 0.1) is 5.92 Å². The first-order valence-electron chi connectivity index (χ1n) is 5.56. The highest BCUT2D eigenvalue weighted by molar-refractivity contribution is 5.16. The number of aromatic nitrogens is 2. The first-order chi connectivity index (χ1) is 7.72. The summed E-state index contributed by atoms with van der Waals surface area (Å²) in [6.07, 6.45) is 0.910. The van der Waals surface area contributed by atoms with E-state index in [9.17, 15) is 0 Å². The van der Waals surface area contributed by atoms with Gasteiger partial charge in [-0.15, -0.1) is 5.10 Å². The molecule has 0 atom stereocenters. The molecule has 6 heteroatoms. The van der Waals surface area contributed by atoms with Gasteiger partial charge >= 0.3 is 6.01 Å². The minimum atomic E-state index is 0.270. The largest absolute Gasteiger partial charge is 0.407 e. The van der Waals surface area contributed by atoms with E-state index >= 15 is 0 Å². The maximum absolute atomic E-state index is 5.43. The number of nitrogens with one attached hydrogen (secondary N) is 1. The Kier molecular flexibility index (Phi) is 5.81. The summed E-state index contributed by atoms with van der Waals surface area (Å²) in [7, 11) is 0. The maximum atomic E-state index is 5.43. The molecule has 16 heavy (non-hydrogen) atoms. The van der Waals surface area contributed by atoms with E-state index in [4.69, 9.17) is 14.9 Å². The molecule has 0 saturated heterocycles. The number of rotatable bonds is 8. The Hall–Kier alpha value is -1.14. The molecular formula is C10H20N4O2. The predicted octanol–water partition coefficient (Wildman–Crippen LogP) is 1.00. The lowest BCUT2D eigenvalue weighted by Crippen LogP contribution is -2.08. The summed E-state index contributed by atoms with van der Waals surface area (Å²) >= 11 is 0. The summed E-state index contributed by atoms with van der Waals surface area (Å²) in [6.45, 7) is 6.83. The Balaban J connectivity index is 2.02. The molecule has 0 aliphatic carbocycles. The SMILES string of the molecule is CC(C)COCCCNc1nnc(CN)o1. The number of hydrogen-bond donors (Lipinski definition) is 2. The zero-order chi connectivity index (χ0) is 11.8. The van der Waals surface area contributed by atoms with E-state index in [1.807, 2.05) is 0 Å². The summed E-state index contributed by atoms with van der Waals surface area (Å²) in [4.78, 5) is 0. The van der Waals surface area contributed by atoms with E-state index in [0.717, 1.165) is 26.2 Å². The molecule has 0 radical (unpaired) electrons. The molecule has 6 nitrogen and oxygen atoms in total. The number of anilines is 1. The zero-order valence-corrected chi connectivity index (χ0v) is 9.90. The number of ether oxygens (including phenoxy) is 1. The van der Waals surface area contributed by atoms with Gasteiger partial charge in [0, 0.05) is 19.8 Å². The fourth-order valence-electron chi connectivity index (χ4n) is 1.10. The van der Waals surface area contributed by atoms with E-state index in [0.29, 0.717) is 17.8 Å². The highest BCUT2D eigenvalue weighted by Crippen LogP contribution is 2.04. The normalized spacial score (nSPS) is 11.0. The molecular weight excluding hydrogens is 208 g/mol. The van der Waals surface area contributed by atoms with E-state index in [1.54, 1.807) is 0 Å². The lowest BCUT2D eigenvalue weighted by molar-refractivity contribution is 0.109. The van der Waals surface area contributed by atoms with Crippen molar-refractivity contribution in [1.82, 2.24) is 10.2 Å². The van der Waals surface area contributed by atoms with Gasteiger partial charge < -0.3 is 20.2 Å². The lowest BCUT2D eigenvalue weighted by Gasteiger charge is -2.06. The smallest absolute Gasteiger partial charge is 0.315 e. The highest BCUT2D eigenvalue weighted by atomic mass is 16.5. The molecule has 1 heterocycles. The quantitative estimate of drug-likeness (QED) is 0.646. The van der Waals surface area contributed by atoms with Crippen LogP contribution in [0.5, 0.6) is 0 Å². The van der Waals surface area contributed by atoms with E-state index < -0.39 is 0 Å². The van der Waals surface area contributed by atoms with Crippen LogP contribution in [0.3, 0.4) is 0 Å². The molecule has 3 N–H and O–H groups in total. The molecule has 0 saturated carbocycles. The molecule has 0 unspecified atom stereocenters. The van der Waals surface area contributed by atoms with E-state index in [-0.39, 0.29) is 6.54 Å². The Morgan fingerprint density at radius 1 is 1.44 bits per heavy atom. The van der Waals surface area contributed by atoms with Gasteiger partial charge in [-0.3, -0.25) is 0 Å². The maximum Gasteiger partial charge on any atom is 0.315 e. The fourth-order valence-corrected chi connectivity index (χ4v) is 1.10. The van der Waals surface area contributed by atoms with Crippen molar-refractivity contribution in [3.63, 3.8) is 0 Å². The first kappa shape index (κ1) is 12.9. The third-order valence-electron chi connectivity index (χ3n) is 1.83. The van der Waals surface area contributed by atoms with Gasteiger partial charge in [0.05, 0.1) is 6.54 Å². The minimum Gasteiger partial charge on any atom is -0.407 e. The van der Waals surface area contributed by atoms with Gasteiger partial charge in [0.2, 0.25) is 5.89 Å². The van der Waals surface area contributed by atoms with Gasteiger partial charge in [-0.25, -0.2) is 0 Å². The number of hydrogen-bond acceptors (Lipinski definition) is 6. The van der Waals surface area contributed by atoms with E-state index in [2.05, 4.69) is 29.4 Å². The standard InChI is InChI=1S/C10H20N4O2/c1-8(2)7-15-5-3-4-12-10-14-13-9(6-11)16-10/h8H,3-7,11H2,1-2H3,(H,12,14). The molecule has 0 fully saturated rings. The van der Waals surface area contributed by atoms with Crippen LogP contribution in [0.15, 0.2) is 4.42 Å². The van der Waals surface area contributed by atoms with Crippen molar-refractivity contribution in [2.45, 2.75) is 26.8 Å². The average Bonchev–Trinajstić information content (AvgIpc) is 2.70. The molecule has 1 aromatic heterocycles. The third kappa shape index (κ3) is 5.09. The van der Waals surface area contributed by atoms with Crippen molar-refractivity contribution < 1.29 is 9.15 Å². The van der Waals surface area contributed by atoms with Crippen LogP contribution in [0.25, 0.3) is 0 Å². The second kappa shape index (κ2) is 7.19. The monoisotopic (exact) mass is 228 g/mol. The Labute approximate surface area is 95.6 Å². The summed E-state index contributed by atoms with van der Waals surface area (Å²) in [5.74, 6) is 1.02. The van der Waals surface area contributed by atoms with Crippen LogP contribution in [0.4, 0.5) is 6.01 Å². The van der Waals surface area contributed by atoms with Crippen molar-refractivity contribution in [3.8, 4) is 0 Å². The van der Waals surface area contributed by atoms with Crippen molar-refractivity contribution in [3.05, 3.63) is 5.89 Å². The van der Waals surface area contributed by atoms with Crippen LogP contribution in [-0.4, -0.2) is 30.0 Å². The van der Waals surface area contributed by atoms with Gasteiger partial charge in [0.25, 0.3) is 0 Å². The zero-order valence-electron chi connectivity index (χ0n) is 9.90. The second-order valence-corrected chi connectivity index (χ2v) is 3.95. The lowest BCUT2D eigenvalue weighted by atomic mass is 10.2. The summed E-state index contributed by atoms with van der Waals surface area (Å²) in [5.41, 5.74) is 5.34. The van der Waals surface area contributed by atoms with Gasteiger partial charge in [-0.1, -0.05) is 18.9 Å². The molecule has 1 aromatic rings. The van der Waals surface area contributed by atoms with Crippen LogP contribution in [0.2, 0.25) is 0 Å². The molecule has 0 bridgehead atoms. The molecule has 1 rings (SSSR count). The Morgan fingerprint density at radius 2 is 2.25 bits per heavy atom.